The minimum Gasteiger partial charge on any atom is -0.388 e. The van der Waals surface area contributed by atoms with E-state index >= 15 is 0 Å². The summed E-state index contributed by atoms with van der Waals surface area (Å²) in [7, 11) is 0. The van der Waals surface area contributed by atoms with E-state index in [1.54, 1.807) is 18.2 Å². The molecule has 2 N–H and O–H groups in total. The second-order valence-corrected chi connectivity index (χ2v) is 4.97. The van der Waals surface area contributed by atoms with E-state index in [4.69, 9.17) is 11.6 Å². The maximum atomic E-state index is 11.6. The van der Waals surface area contributed by atoms with Crippen molar-refractivity contribution >= 4 is 23.6 Å². The van der Waals surface area contributed by atoms with Crippen molar-refractivity contribution in [2.45, 2.75) is 32.3 Å². The van der Waals surface area contributed by atoms with Crippen molar-refractivity contribution in [2.75, 3.05) is 6.54 Å². The fraction of sp³-hybridized carbons (Fsp3) is 0.400. The quantitative estimate of drug-likeness (QED) is 0.788. The zero-order valence-corrected chi connectivity index (χ0v) is 12.1. The number of nitrogens with one attached hydrogen (secondary N) is 1. The lowest BCUT2D eigenvalue weighted by molar-refractivity contribution is -0.117. The van der Waals surface area contributed by atoms with Gasteiger partial charge >= 0.3 is 0 Å². The average molecular weight is 282 g/mol. The van der Waals surface area contributed by atoms with Crippen LogP contribution in [-0.2, 0) is 4.79 Å². The monoisotopic (exact) mass is 281 g/mol. The van der Waals surface area contributed by atoms with E-state index in [9.17, 15) is 9.90 Å². The van der Waals surface area contributed by atoms with Crippen molar-refractivity contribution in [3.05, 3.63) is 40.9 Å². The van der Waals surface area contributed by atoms with Crippen LogP contribution in [0.25, 0.3) is 6.08 Å². The molecule has 0 aromatic heterocycles. The zero-order chi connectivity index (χ0) is 14.3. The van der Waals surface area contributed by atoms with Crippen LogP contribution in [0.3, 0.4) is 0 Å². The van der Waals surface area contributed by atoms with Crippen LogP contribution in [0.2, 0.25) is 5.02 Å². The summed E-state index contributed by atoms with van der Waals surface area (Å²) in [6.07, 6.45) is 4.40. The molecule has 0 aliphatic rings. The van der Waals surface area contributed by atoms with E-state index < -0.39 is 5.60 Å². The molecule has 0 aliphatic heterocycles. The maximum Gasteiger partial charge on any atom is 0.244 e. The topological polar surface area (TPSA) is 49.3 Å². The Hall–Kier alpha value is -1.32. The minimum absolute atomic E-state index is 0.213. The van der Waals surface area contributed by atoms with Gasteiger partial charge in [0.25, 0.3) is 0 Å². The molecule has 19 heavy (non-hydrogen) atoms. The number of carbonyl (C=O) groups excluding carboxylic acids is 1. The number of hydrogen-bond acceptors (Lipinski definition) is 2. The Kier molecular flexibility index (Phi) is 6.06. The van der Waals surface area contributed by atoms with E-state index in [0.29, 0.717) is 17.9 Å². The summed E-state index contributed by atoms with van der Waals surface area (Å²) in [5.41, 5.74) is 0.0878. The van der Waals surface area contributed by atoms with Crippen molar-refractivity contribution in [2.24, 2.45) is 0 Å². The first-order chi connectivity index (χ1) is 8.99. The Morgan fingerprint density at radius 1 is 1.32 bits per heavy atom. The Balaban J connectivity index is 2.49. The van der Waals surface area contributed by atoms with Crippen LogP contribution in [0.1, 0.15) is 32.3 Å². The largest absolute Gasteiger partial charge is 0.388 e. The molecule has 0 heterocycles. The molecule has 0 saturated heterocycles. The van der Waals surface area contributed by atoms with Gasteiger partial charge in [0.05, 0.1) is 5.60 Å². The molecule has 1 aromatic rings. The number of amides is 1. The lowest BCUT2D eigenvalue weighted by Gasteiger charge is -2.24. The van der Waals surface area contributed by atoms with Gasteiger partial charge in [-0.3, -0.25) is 4.79 Å². The second-order valence-electron chi connectivity index (χ2n) is 4.53. The van der Waals surface area contributed by atoms with Crippen LogP contribution in [0.4, 0.5) is 0 Å². The first-order valence-corrected chi connectivity index (χ1v) is 6.81. The number of benzene rings is 1. The highest BCUT2D eigenvalue weighted by Crippen LogP contribution is 2.13. The van der Waals surface area contributed by atoms with E-state index in [-0.39, 0.29) is 12.5 Å². The Labute approximate surface area is 119 Å². The molecular weight excluding hydrogens is 262 g/mol. The molecule has 104 valence electrons. The Morgan fingerprint density at radius 2 is 1.89 bits per heavy atom. The summed E-state index contributed by atoms with van der Waals surface area (Å²) in [4.78, 5) is 11.6. The first-order valence-electron chi connectivity index (χ1n) is 6.43. The molecule has 1 amide bonds. The Bertz CT molecular complexity index is 436. The average Bonchev–Trinajstić information content (AvgIpc) is 2.44. The predicted molar refractivity (Wildman–Crippen MR) is 79.0 cm³/mol. The second kappa shape index (κ2) is 7.31. The summed E-state index contributed by atoms with van der Waals surface area (Å²) in [6.45, 7) is 4.07. The van der Waals surface area contributed by atoms with Gasteiger partial charge in [-0.25, -0.2) is 0 Å². The standard InChI is InChI=1S/C15H20ClNO2/c1-3-15(19,4-2)11-17-14(18)10-7-12-5-8-13(16)9-6-12/h5-10,19H,3-4,11H2,1-2H3,(H,17,18). The summed E-state index contributed by atoms with van der Waals surface area (Å²) < 4.78 is 0. The first kappa shape index (κ1) is 15.7. The minimum atomic E-state index is -0.816. The highest BCUT2D eigenvalue weighted by molar-refractivity contribution is 6.30. The number of hydrogen-bond donors (Lipinski definition) is 2. The molecule has 0 unspecified atom stereocenters. The van der Waals surface area contributed by atoms with Gasteiger partial charge in [0.15, 0.2) is 0 Å². The van der Waals surface area contributed by atoms with Gasteiger partial charge in [-0.15, -0.1) is 0 Å². The molecule has 4 heteroatoms. The van der Waals surface area contributed by atoms with Crippen molar-refractivity contribution in [3.63, 3.8) is 0 Å². The van der Waals surface area contributed by atoms with Crippen LogP contribution < -0.4 is 5.32 Å². The molecular formula is C15H20ClNO2. The fourth-order valence-electron chi connectivity index (χ4n) is 1.56. The number of halogens is 1. The van der Waals surface area contributed by atoms with Gasteiger partial charge in [0.1, 0.15) is 0 Å². The number of rotatable bonds is 6. The van der Waals surface area contributed by atoms with E-state index in [0.717, 1.165) is 5.56 Å². The van der Waals surface area contributed by atoms with E-state index in [1.807, 2.05) is 26.0 Å². The molecule has 1 aromatic carbocycles. The third-order valence-corrected chi connectivity index (χ3v) is 3.46. The fourth-order valence-corrected chi connectivity index (χ4v) is 1.68. The summed E-state index contributed by atoms with van der Waals surface area (Å²) in [5, 5.41) is 13.4. The summed E-state index contributed by atoms with van der Waals surface area (Å²) in [5.74, 6) is -0.213. The molecule has 0 saturated carbocycles. The van der Waals surface area contributed by atoms with Crippen molar-refractivity contribution in [1.29, 1.82) is 0 Å². The number of aliphatic hydroxyl groups is 1. The van der Waals surface area contributed by atoms with Crippen LogP contribution in [0.15, 0.2) is 30.3 Å². The lowest BCUT2D eigenvalue weighted by atomic mass is 9.98. The molecule has 0 aliphatic carbocycles. The van der Waals surface area contributed by atoms with E-state index in [2.05, 4.69) is 5.32 Å². The Morgan fingerprint density at radius 3 is 2.42 bits per heavy atom. The van der Waals surface area contributed by atoms with Crippen molar-refractivity contribution < 1.29 is 9.90 Å². The number of carbonyl (C=O) groups is 1. The highest BCUT2D eigenvalue weighted by atomic mass is 35.5. The molecule has 0 atom stereocenters. The van der Waals surface area contributed by atoms with Gasteiger partial charge in [-0.2, -0.15) is 0 Å². The van der Waals surface area contributed by atoms with Crippen molar-refractivity contribution in [3.8, 4) is 0 Å². The van der Waals surface area contributed by atoms with Gasteiger partial charge in [0, 0.05) is 17.6 Å². The molecule has 0 spiro atoms. The van der Waals surface area contributed by atoms with Crippen LogP contribution >= 0.6 is 11.6 Å². The smallest absolute Gasteiger partial charge is 0.244 e. The van der Waals surface area contributed by atoms with Gasteiger partial charge in [0.2, 0.25) is 5.91 Å². The van der Waals surface area contributed by atoms with Gasteiger partial charge in [-0.1, -0.05) is 37.6 Å². The third-order valence-electron chi connectivity index (χ3n) is 3.21. The molecule has 0 bridgehead atoms. The normalized spacial score (nSPS) is 11.8. The maximum absolute atomic E-state index is 11.6. The highest BCUT2D eigenvalue weighted by Gasteiger charge is 2.22. The van der Waals surface area contributed by atoms with Crippen molar-refractivity contribution in [1.82, 2.24) is 5.32 Å². The molecule has 3 nitrogen and oxygen atoms in total. The third kappa shape index (κ3) is 5.45. The molecule has 1 rings (SSSR count). The van der Waals surface area contributed by atoms with Crippen LogP contribution in [0.5, 0.6) is 0 Å². The lowest BCUT2D eigenvalue weighted by Crippen LogP contribution is -2.41. The van der Waals surface area contributed by atoms with Gasteiger partial charge in [-0.05, 0) is 36.6 Å². The summed E-state index contributed by atoms with van der Waals surface area (Å²) in [6, 6.07) is 7.21. The SMILES string of the molecule is CCC(O)(CC)CNC(=O)C=Cc1ccc(Cl)cc1. The summed E-state index contributed by atoms with van der Waals surface area (Å²) >= 11 is 5.78. The van der Waals surface area contributed by atoms with Crippen LogP contribution in [0, 0.1) is 0 Å². The predicted octanol–water partition coefficient (Wildman–Crippen LogP) is 3.02. The molecule has 0 fully saturated rings. The van der Waals surface area contributed by atoms with E-state index in [1.165, 1.54) is 6.08 Å². The molecule has 0 radical (unpaired) electrons. The zero-order valence-electron chi connectivity index (χ0n) is 11.3. The van der Waals surface area contributed by atoms with Crippen LogP contribution in [-0.4, -0.2) is 23.2 Å². The van der Waals surface area contributed by atoms with Gasteiger partial charge < -0.3 is 10.4 Å².